The number of thioether (sulfide) groups is 1. The summed E-state index contributed by atoms with van der Waals surface area (Å²) in [6.45, 7) is 3.47. The number of para-hydroxylation sites is 1. The van der Waals surface area contributed by atoms with Gasteiger partial charge in [0.15, 0.2) is 4.34 Å². The molecule has 1 aromatic heterocycles. The molecule has 1 saturated carbocycles. The van der Waals surface area contributed by atoms with Crippen LogP contribution in [0.5, 0.6) is 0 Å². The van der Waals surface area contributed by atoms with E-state index in [4.69, 9.17) is 0 Å². The Kier molecular flexibility index (Phi) is 4.97. The molecule has 1 fully saturated rings. The van der Waals surface area contributed by atoms with Gasteiger partial charge in [-0.2, -0.15) is 0 Å². The second kappa shape index (κ2) is 6.92. The number of thiazole rings is 1. The van der Waals surface area contributed by atoms with Crippen LogP contribution in [-0.4, -0.2) is 23.3 Å². The fourth-order valence-corrected chi connectivity index (χ4v) is 4.94. The molecule has 2 aromatic rings. The van der Waals surface area contributed by atoms with Gasteiger partial charge in [0, 0.05) is 18.3 Å². The summed E-state index contributed by atoms with van der Waals surface area (Å²) < 4.78 is 2.49. The first-order valence-electron chi connectivity index (χ1n) is 7.53. The molecule has 0 spiro atoms. The lowest BCUT2D eigenvalue weighted by Crippen LogP contribution is -2.34. The number of fused-ring (bicyclic) bond motifs is 1. The van der Waals surface area contributed by atoms with Crippen molar-refractivity contribution in [3.63, 3.8) is 0 Å². The number of hydrogen-bond donors (Lipinski definition) is 1. The van der Waals surface area contributed by atoms with Crippen LogP contribution >= 0.6 is 23.1 Å². The number of nitrogens with one attached hydrogen (secondary N) is 1. The van der Waals surface area contributed by atoms with Gasteiger partial charge in [-0.15, -0.1) is 11.3 Å². The van der Waals surface area contributed by atoms with Gasteiger partial charge in [-0.3, -0.25) is 0 Å². The minimum atomic E-state index is 0.745. The molecule has 1 aromatic carbocycles. The van der Waals surface area contributed by atoms with Crippen molar-refractivity contribution in [1.29, 1.82) is 0 Å². The molecule has 2 nitrogen and oxygen atoms in total. The molecule has 3 rings (SSSR count). The molecule has 4 heteroatoms. The third-order valence-corrected chi connectivity index (χ3v) is 6.15. The highest BCUT2D eigenvalue weighted by Gasteiger charge is 2.17. The highest BCUT2D eigenvalue weighted by molar-refractivity contribution is 8.01. The number of aromatic nitrogens is 1. The molecule has 1 N–H and O–H groups in total. The van der Waals surface area contributed by atoms with Crippen LogP contribution in [0.3, 0.4) is 0 Å². The first-order valence-corrected chi connectivity index (χ1v) is 9.33. The van der Waals surface area contributed by atoms with Crippen molar-refractivity contribution in [1.82, 2.24) is 10.3 Å². The third kappa shape index (κ3) is 3.74. The standard InChI is InChI=1S/C16H22N2S2/c1-12-5-4-6-13(11-12)17-9-10-19-16-18-14-7-2-3-8-15(14)20-16/h2-3,7-8,12-13,17H,4-6,9-11H2,1H3. The largest absolute Gasteiger partial charge is 0.313 e. The fraction of sp³-hybridized carbons (Fsp3) is 0.562. The lowest BCUT2D eigenvalue weighted by atomic mass is 9.87. The Balaban J connectivity index is 1.43. The number of nitrogens with zero attached hydrogens (tertiary/aromatic N) is 1. The maximum atomic E-state index is 4.66. The minimum Gasteiger partial charge on any atom is -0.313 e. The first-order chi connectivity index (χ1) is 9.81. The third-order valence-electron chi connectivity index (χ3n) is 3.97. The van der Waals surface area contributed by atoms with E-state index in [1.54, 1.807) is 0 Å². The first kappa shape index (κ1) is 14.4. The lowest BCUT2D eigenvalue weighted by molar-refractivity contribution is 0.306. The van der Waals surface area contributed by atoms with E-state index in [2.05, 4.69) is 41.5 Å². The molecule has 1 aliphatic carbocycles. The summed E-state index contributed by atoms with van der Waals surface area (Å²) in [5.74, 6) is 2.02. The molecule has 0 saturated heterocycles. The maximum Gasteiger partial charge on any atom is 0.151 e. The van der Waals surface area contributed by atoms with E-state index in [0.717, 1.165) is 29.8 Å². The van der Waals surface area contributed by atoms with Crippen LogP contribution in [-0.2, 0) is 0 Å². The van der Waals surface area contributed by atoms with Crippen molar-refractivity contribution in [2.24, 2.45) is 5.92 Å². The Morgan fingerprint density at radius 1 is 1.35 bits per heavy atom. The molecule has 0 aliphatic heterocycles. The molecule has 0 bridgehead atoms. The summed E-state index contributed by atoms with van der Waals surface area (Å²) in [7, 11) is 0. The average molecular weight is 307 g/mol. The van der Waals surface area contributed by atoms with Crippen LogP contribution in [0.15, 0.2) is 28.6 Å². The summed E-state index contributed by atoms with van der Waals surface area (Å²) >= 11 is 3.69. The zero-order valence-electron chi connectivity index (χ0n) is 12.0. The summed E-state index contributed by atoms with van der Waals surface area (Å²) in [4.78, 5) is 4.66. The van der Waals surface area contributed by atoms with Crippen molar-refractivity contribution >= 4 is 33.3 Å². The number of benzene rings is 1. The van der Waals surface area contributed by atoms with Crippen molar-refractivity contribution in [3.05, 3.63) is 24.3 Å². The van der Waals surface area contributed by atoms with Crippen molar-refractivity contribution in [2.45, 2.75) is 43.0 Å². The second-order valence-corrected chi connectivity index (χ2v) is 8.09. The predicted molar refractivity (Wildman–Crippen MR) is 89.8 cm³/mol. The quantitative estimate of drug-likeness (QED) is 0.647. The van der Waals surface area contributed by atoms with Gasteiger partial charge in [0.1, 0.15) is 0 Å². The molecular weight excluding hydrogens is 284 g/mol. The Labute approximate surface area is 129 Å². The summed E-state index contributed by atoms with van der Waals surface area (Å²) in [6, 6.07) is 9.13. The van der Waals surface area contributed by atoms with Gasteiger partial charge < -0.3 is 5.32 Å². The molecule has 0 radical (unpaired) electrons. The highest BCUT2D eigenvalue weighted by Crippen LogP contribution is 2.29. The van der Waals surface area contributed by atoms with Gasteiger partial charge in [0.2, 0.25) is 0 Å². The SMILES string of the molecule is CC1CCCC(NCCSc2nc3ccccc3s2)C1. The Morgan fingerprint density at radius 2 is 2.25 bits per heavy atom. The van der Waals surface area contributed by atoms with E-state index >= 15 is 0 Å². The normalized spacial score (nSPS) is 23.2. The van der Waals surface area contributed by atoms with E-state index < -0.39 is 0 Å². The zero-order chi connectivity index (χ0) is 13.8. The average Bonchev–Trinajstić information content (AvgIpc) is 2.86. The zero-order valence-corrected chi connectivity index (χ0v) is 13.6. The van der Waals surface area contributed by atoms with Crippen LogP contribution in [0.4, 0.5) is 0 Å². The van der Waals surface area contributed by atoms with Crippen LogP contribution in [0.25, 0.3) is 10.2 Å². The van der Waals surface area contributed by atoms with Gasteiger partial charge in [-0.25, -0.2) is 4.98 Å². The Bertz CT molecular complexity index is 519. The molecule has 1 heterocycles. The van der Waals surface area contributed by atoms with Crippen LogP contribution in [0, 0.1) is 5.92 Å². The molecule has 2 atom stereocenters. The lowest BCUT2D eigenvalue weighted by Gasteiger charge is -2.27. The van der Waals surface area contributed by atoms with Crippen LogP contribution in [0.2, 0.25) is 0 Å². The highest BCUT2D eigenvalue weighted by atomic mass is 32.2. The van der Waals surface area contributed by atoms with Gasteiger partial charge in [0.05, 0.1) is 10.2 Å². The minimum absolute atomic E-state index is 0.745. The van der Waals surface area contributed by atoms with E-state index in [-0.39, 0.29) is 0 Å². The van der Waals surface area contributed by atoms with Crippen molar-refractivity contribution in [2.75, 3.05) is 12.3 Å². The monoisotopic (exact) mass is 306 g/mol. The van der Waals surface area contributed by atoms with Gasteiger partial charge >= 0.3 is 0 Å². The second-order valence-electron chi connectivity index (χ2n) is 5.72. The van der Waals surface area contributed by atoms with Gasteiger partial charge in [-0.1, -0.05) is 43.7 Å². The number of rotatable bonds is 5. The molecule has 2 unspecified atom stereocenters. The van der Waals surface area contributed by atoms with Crippen molar-refractivity contribution in [3.8, 4) is 0 Å². The topological polar surface area (TPSA) is 24.9 Å². The predicted octanol–water partition coefficient (Wildman–Crippen LogP) is 4.56. The summed E-state index contributed by atoms with van der Waals surface area (Å²) in [5.41, 5.74) is 1.13. The summed E-state index contributed by atoms with van der Waals surface area (Å²) in [5, 5.41) is 3.71. The van der Waals surface area contributed by atoms with Crippen LogP contribution in [0.1, 0.15) is 32.6 Å². The van der Waals surface area contributed by atoms with E-state index in [1.165, 1.54) is 34.7 Å². The summed E-state index contributed by atoms with van der Waals surface area (Å²) in [6.07, 6.45) is 5.52. The molecule has 0 amide bonds. The molecular formula is C16H22N2S2. The van der Waals surface area contributed by atoms with Crippen molar-refractivity contribution < 1.29 is 0 Å². The van der Waals surface area contributed by atoms with E-state index in [1.807, 2.05) is 23.1 Å². The number of hydrogen-bond acceptors (Lipinski definition) is 4. The van der Waals surface area contributed by atoms with E-state index in [0.29, 0.717) is 0 Å². The molecule has 108 valence electrons. The Hall–Kier alpha value is -0.580. The van der Waals surface area contributed by atoms with Gasteiger partial charge in [0.25, 0.3) is 0 Å². The smallest absolute Gasteiger partial charge is 0.151 e. The maximum absolute atomic E-state index is 4.66. The fourth-order valence-electron chi connectivity index (χ4n) is 2.93. The van der Waals surface area contributed by atoms with Gasteiger partial charge in [-0.05, 0) is 30.9 Å². The van der Waals surface area contributed by atoms with E-state index in [9.17, 15) is 0 Å². The molecule has 20 heavy (non-hydrogen) atoms. The molecule has 1 aliphatic rings. The van der Waals surface area contributed by atoms with Crippen LogP contribution < -0.4 is 5.32 Å². The Morgan fingerprint density at radius 3 is 3.10 bits per heavy atom.